The third-order valence-corrected chi connectivity index (χ3v) is 3.07. The summed E-state index contributed by atoms with van der Waals surface area (Å²) in [6.45, 7) is 4.06. The molecule has 0 aliphatic heterocycles. The van der Waals surface area contributed by atoms with Crippen molar-refractivity contribution in [3.8, 4) is 0 Å². The molecule has 0 fully saturated rings. The van der Waals surface area contributed by atoms with Crippen LogP contribution in [-0.2, 0) is 11.3 Å². The monoisotopic (exact) mass is 315 g/mol. The molecule has 1 N–H and O–H groups in total. The van der Waals surface area contributed by atoms with Crippen molar-refractivity contribution in [2.75, 3.05) is 11.9 Å². The first-order valence-corrected chi connectivity index (χ1v) is 7.22. The van der Waals surface area contributed by atoms with Gasteiger partial charge in [-0.05, 0) is 32.0 Å². The lowest BCUT2D eigenvalue weighted by Gasteiger charge is -2.10. The molecule has 23 heavy (non-hydrogen) atoms. The molecule has 120 valence electrons. The lowest BCUT2D eigenvalue weighted by atomic mass is 10.1. The Hall–Kier alpha value is -2.96. The van der Waals surface area contributed by atoms with Crippen molar-refractivity contribution < 1.29 is 14.3 Å². The van der Waals surface area contributed by atoms with Gasteiger partial charge in [-0.15, -0.1) is 0 Å². The van der Waals surface area contributed by atoms with Gasteiger partial charge in [0.25, 0.3) is 11.5 Å². The highest BCUT2D eigenvalue weighted by molar-refractivity contribution is 6.06. The Bertz CT molecular complexity index is 783. The SMILES string of the molecule is CCOC(=O)c1ccccc1NC(=O)c1ccc(=O)n(CC)n1. The van der Waals surface area contributed by atoms with Crippen molar-refractivity contribution in [3.63, 3.8) is 0 Å². The second-order valence-corrected chi connectivity index (χ2v) is 4.59. The van der Waals surface area contributed by atoms with Gasteiger partial charge in [-0.1, -0.05) is 12.1 Å². The van der Waals surface area contributed by atoms with E-state index in [9.17, 15) is 14.4 Å². The van der Waals surface area contributed by atoms with E-state index in [1.54, 1.807) is 38.1 Å². The van der Waals surface area contributed by atoms with E-state index in [1.807, 2.05) is 0 Å². The number of anilines is 1. The van der Waals surface area contributed by atoms with E-state index < -0.39 is 11.9 Å². The zero-order chi connectivity index (χ0) is 16.8. The number of aryl methyl sites for hydroxylation is 1. The molecule has 0 aliphatic rings. The molecule has 0 bridgehead atoms. The van der Waals surface area contributed by atoms with Crippen LogP contribution in [0.2, 0.25) is 0 Å². The molecule has 0 saturated heterocycles. The van der Waals surface area contributed by atoms with E-state index in [1.165, 1.54) is 16.8 Å². The third-order valence-electron chi connectivity index (χ3n) is 3.07. The minimum Gasteiger partial charge on any atom is -0.462 e. The number of esters is 1. The van der Waals surface area contributed by atoms with Gasteiger partial charge in [0.2, 0.25) is 0 Å². The number of nitrogens with zero attached hydrogens (tertiary/aromatic N) is 2. The molecule has 0 aliphatic carbocycles. The maximum absolute atomic E-state index is 12.3. The van der Waals surface area contributed by atoms with Crippen molar-refractivity contribution in [1.29, 1.82) is 0 Å². The van der Waals surface area contributed by atoms with Crippen LogP contribution in [0.15, 0.2) is 41.2 Å². The molecule has 7 nitrogen and oxygen atoms in total. The van der Waals surface area contributed by atoms with Crippen LogP contribution in [0.5, 0.6) is 0 Å². The molecule has 0 spiro atoms. The van der Waals surface area contributed by atoms with Gasteiger partial charge in [-0.2, -0.15) is 5.10 Å². The topological polar surface area (TPSA) is 90.3 Å². The van der Waals surface area contributed by atoms with Crippen molar-refractivity contribution in [3.05, 3.63) is 58.0 Å². The average Bonchev–Trinajstić information content (AvgIpc) is 2.56. The number of carbonyl (C=O) groups is 2. The van der Waals surface area contributed by atoms with Gasteiger partial charge >= 0.3 is 5.97 Å². The van der Waals surface area contributed by atoms with Gasteiger partial charge in [-0.3, -0.25) is 9.59 Å². The first-order chi connectivity index (χ1) is 11.1. The molecule has 2 aromatic rings. The average molecular weight is 315 g/mol. The van der Waals surface area contributed by atoms with Crippen LogP contribution in [0, 0.1) is 0 Å². The van der Waals surface area contributed by atoms with Crippen molar-refractivity contribution >= 4 is 17.6 Å². The highest BCUT2D eigenvalue weighted by Gasteiger charge is 2.16. The number of rotatable bonds is 5. The largest absolute Gasteiger partial charge is 0.462 e. The summed E-state index contributed by atoms with van der Waals surface area (Å²) in [5, 5.41) is 6.59. The summed E-state index contributed by atoms with van der Waals surface area (Å²) in [5.74, 6) is -1.03. The fraction of sp³-hybridized carbons (Fsp3) is 0.250. The number of hydrogen-bond acceptors (Lipinski definition) is 5. The molecule has 0 atom stereocenters. The smallest absolute Gasteiger partial charge is 0.340 e. The molecular formula is C16H17N3O4. The van der Waals surface area contributed by atoms with Crippen LogP contribution in [0.1, 0.15) is 34.7 Å². The van der Waals surface area contributed by atoms with E-state index in [0.29, 0.717) is 12.2 Å². The fourth-order valence-corrected chi connectivity index (χ4v) is 1.96. The molecule has 0 saturated carbocycles. The quantitative estimate of drug-likeness (QED) is 0.848. The Kier molecular flexibility index (Phi) is 5.24. The van der Waals surface area contributed by atoms with Crippen LogP contribution in [0.4, 0.5) is 5.69 Å². The van der Waals surface area contributed by atoms with Gasteiger partial charge in [-0.25, -0.2) is 9.48 Å². The van der Waals surface area contributed by atoms with E-state index in [0.717, 1.165) is 0 Å². The molecule has 1 aromatic carbocycles. The van der Waals surface area contributed by atoms with Gasteiger partial charge in [0.05, 0.1) is 17.9 Å². The lowest BCUT2D eigenvalue weighted by molar-refractivity contribution is 0.0527. The highest BCUT2D eigenvalue weighted by atomic mass is 16.5. The number of aromatic nitrogens is 2. The maximum atomic E-state index is 12.3. The van der Waals surface area contributed by atoms with Crippen LogP contribution >= 0.6 is 0 Å². The minimum atomic E-state index is -0.519. The summed E-state index contributed by atoms with van der Waals surface area (Å²) in [6.07, 6.45) is 0. The van der Waals surface area contributed by atoms with Gasteiger partial charge in [0.1, 0.15) is 5.69 Å². The second kappa shape index (κ2) is 7.35. The summed E-state index contributed by atoms with van der Waals surface area (Å²) >= 11 is 0. The molecule has 0 radical (unpaired) electrons. The second-order valence-electron chi connectivity index (χ2n) is 4.59. The van der Waals surface area contributed by atoms with E-state index in [4.69, 9.17) is 4.74 Å². The number of carbonyl (C=O) groups excluding carboxylic acids is 2. The number of hydrogen-bond donors (Lipinski definition) is 1. The van der Waals surface area contributed by atoms with E-state index >= 15 is 0 Å². The number of amides is 1. The summed E-state index contributed by atoms with van der Waals surface area (Å²) in [7, 11) is 0. The Morgan fingerprint density at radius 2 is 1.91 bits per heavy atom. The summed E-state index contributed by atoms with van der Waals surface area (Å²) < 4.78 is 6.14. The normalized spacial score (nSPS) is 10.2. The highest BCUT2D eigenvalue weighted by Crippen LogP contribution is 2.17. The summed E-state index contributed by atoms with van der Waals surface area (Å²) in [6, 6.07) is 9.16. The number of ether oxygens (including phenoxy) is 1. The molecule has 1 amide bonds. The molecule has 1 heterocycles. The standard InChI is InChI=1S/C16H17N3O4/c1-3-19-14(20)10-9-13(18-19)15(21)17-12-8-6-5-7-11(12)16(22)23-4-2/h5-10H,3-4H2,1-2H3,(H,17,21). The third kappa shape index (κ3) is 3.82. The Labute approximate surface area is 132 Å². The Morgan fingerprint density at radius 1 is 1.17 bits per heavy atom. The van der Waals surface area contributed by atoms with Gasteiger partial charge in [0, 0.05) is 12.6 Å². The van der Waals surface area contributed by atoms with Crippen LogP contribution in [0.3, 0.4) is 0 Å². The first kappa shape index (κ1) is 16.4. The van der Waals surface area contributed by atoms with Gasteiger partial charge in [0.15, 0.2) is 0 Å². The molecular weight excluding hydrogens is 298 g/mol. The van der Waals surface area contributed by atoms with E-state index in [-0.39, 0.29) is 23.4 Å². The van der Waals surface area contributed by atoms with Crippen LogP contribution in [-0.4, -0.2) is 28.3 Å². The predicted molar refractivity (Wildman–Crippen MR) is 84.5 cm³/mol. The Morgan fingerprint density at radius 3 is 2.61 bits per heavy atom. The molecule has 2 rings (SSSR count). The van der Waals surface area contributed by atoms with Crippen molar-refractivity contribution in [2.24, 2.45) is 0 Å². The zero-order valence-corrected chi connectivity index (χ0v) is 12.9. The van der Waals surface area contributed by atoms with Gasteiger partial charge < -0.3 is 10.1 Å². The van der Waals surface area contributed by atoms with E-state index in [2.05, 4.69) is 10.4 Å². The fourth-order valence-electron chi connectivity index (χ4n) is 1.96. The number of benzene rings is 1. The predicted octanol–water partition coefficient (Wildman–Crippen LogP) is 1.69. The molecule has 7 heteroatoms. The number of para-hydroxylation sites is 1. The first-order valence-electron chi connectivity index (χ1n) is 7.22. The number of nitrogens with one attached hydrogen (secondary N) is 1. The summed E-state index contributed by atoms with van der Waals surface area (Å²) in [5.41, 5.74) is 0.389. The molecule has 0 unspecified atom stereocenters. The van der Waals surface area contributed by atoms with Crippen molar-refractivity contribution in [2.45, 2.75) is 20.4 Å². The Balaban J connectivity index is 2.27. The maximum Gasteiger partial charge on any atom is 0.340 e. The molecule has 1 aromatic heterocycles. The van der Waals surface area contributed by atoms with Crippen LogP contribution in [0.25, 0.3) is 0 Å². The lowest BCUT2D eigenvalue weighted by Crippen LogP contribution is -2.25. The summed E-state index contributed by atoms with van der Waals surface area (Å²) in [4.78, 5) is 35.7. The minimum absolute atomic E-state index is 0.0881. The van der Waals surface area contributed by atoms with Crippen LogP contribution < -0.4 is 10.9 Å². The zero-order valence-electron chi connectivity index (χ0n) is 12.9. The van der Waals surface area contributed by atoms with Crippen molar-refractivity contribution in [1.82, 2.24) is 9.78 Å².